The number of aromatic carboxylic acids is 1. The van der Waals surface area contributed by atoms with Crippen LogP contribution in [0.4, 0.5) is 5.69 Å². The van der Waals surface area contributed by atoms with E-state index in [0.717, 1.165) is 0 Å². The molecule has 0 spiro atoms. The van der Waals surface area contributed by atoms with Crippen LogP contribution in [0.5, 0.6) is 0 Å². The average molecular weight is 248 g/mol. The molecule has 0 aliphatic heterocycles. The normalized spacial score (nSPS) is 10.0. The molecule has 0 amide bonds. The third kappa shape index (κ3) is 3.06. The first-order chi connectivity index (χ1) is 8.57. The van der Waals surface area contributed by atoms with Gasteiger partial charge in [0, 0.05) is 17.5 Å². The van der Waals surface area contributed by atoms with E-state index in [9.17, 15) is 14.9 Å². The molecule has 18 heavy (non-hydrogen) atoms. The Kier molecular flexibility index (Phi) is 4.42. The number of carbonyl (C=O) groups is 1. The van der Waals surface area contributed by atoms with Gasteiger partial charge in [-0.1, -0.05) is 23.3 Å². The Morgan fingerprint density at radius 1 is 1.61 bits per heavy atom. The van der Waals surface area contributed by atoms with Crippen LogP contribution in [0.2, 0.25) is 0 Å². The fraction of sp³-hybridized carbons (Fsp3) is 0.100. The molecule has 0 unspecified atom stereocenters. The highest BCUT2D eigenvalue weighted by molar-refractivity contribution is 5.94. The number of rotatable bonds is 5. The summed E-state index contributed by atoms with van der Waals surface area (Å²) in [6, 6.07) is 3.77. The third-order valence-corrected chi connectivity index (χ3v) is 2.05. The highest BCUT2D eigenvalue weighted by Crippen LogP contribution is 2.23. The number of hydrogen-bond acceptors (Lipinski definition) is 4. The molecule has 0 saturated heterocycles. The highest BCUT2D eigenvalue weighted by Gasteiger charge is 2.18. The van der Waals surface area contributed by atoms with Gasteiger partial charge in [-0.25, -0.2) is 4.79 Å². The molecule has 8 nitrogen and oxygen atoms in total. The van der Waals surface area contributed by atoms with Crippen LogP contribution in [0.15, 0.2) is 29.4 Å². The number of azide groups is 1. The predicted octanol–water partition coefficient (Wildman–Crippen LogP) is 2.62. The van der Waals surface area contributed by atoms with Gasteiger partial charge >= 0.3 is 5.97 Å². The van der Waals surface area contributed by atoms with E-state index in [1.54, 1.807) is 0 Å². The first-order valence-electron chi connectivity index (χ1n) is 4.76. The van der Waals surface area contributed by atoms with Gasteiger partial charge in [-0.05, 0) is 11.6 Å². The van der Waals surface area contributed by atoms with Crippen LogP contribution in [0, 0.1) is 10.1 Å². The molecule has 0 aliphatic rings. The lowest BCUT2D eigenvalue weighted by Crippen LogP contribution is -2.02. The van der Waals surface area contributed by atoms with Gasteiger partial charge in [-0.2, -0.15) is 0 Å². The van der Waals surface area contributed by atoms with Crippen molar-refractivity contribution in [3.05, 3.63) is 56.0 Å². The van der Waals surface area contributed by atoms with Crippen LogP contribution in [-0.4, -0.2) is 22.5 Å². The molecular weight excluding hydrogens is 240 g/mol. The molecule has 0 atom stereocenters. The Labute approximate surface area is 101 Å². The molecule has 8 heteroatoms. The molecule has 1 rings (SSSR count). The van der Waals surface area contributed by atoms with Crippen molar-refractivity contribution in [1.82, 2.24) is 0 Å². The smallest absolute Gasteiger partial charge is 0.336 e. The van der Waals surface area contributed by atoms with Crippen LogP contribution < -0.4 is 0 Å². The van der Waals surface area contributed by atoms with E-state index >= 15 is 0 Å². The summed E-state index contributed by atoms with van der Waals surface area (Å²) in [5, 5.41) is 22.9. The van der Waals surface area contributed by atoms with E-state index < -0.39 is 10.9 Å². The van der Waals surface area contributed by atoms with Gasteiger partial charge < -0.3 is 5.11 Å². The van der Waals surface area contributed by atoms with Gasteiger partial charge in [0.25, 0.3) is 5.69 Å². The van der Waals surface area contributed by atoms with Crippen molar-refractivity contribution < 1.29 is 14.8 Å². The lowest BCUT2D eigenvalue weighted by atomic mass is 10.0. The topological polar surface area (TPSA) is 129 Å². The Hall–Kier alpha value is -2.86. The molecule has 0 bridgehead atoms. The minimum absolute atomic E-state index is 0.0123. The summed E-state index contributed by atoms with van der Waals surface area (Å²) in [5.74, 6) is -1.26. The molecule has 0 fully saturated rings. The van der Waals surface area contributed by atoms with Gasteiger partial charge in [0.2, 0.25) is 0 Å². The van der Waals surface area contributed by atoms with Crippen molar-refractivity contribution in [2.24, 2.45) is 5.11 Å². The Balaban J connectivity index is 3.26. The molecule has 0 heterocycles. The number of nitrogens with zero attached hydrogens (tertiary/aromatic N) is 4. The number of hydrogen-bond donors (Lipinski definition) is 1. The van der Waals surface area contributed by atoms with E-state index in [1.165, 1.54) is 30.4 Å². The largest absolute Gasteiger partial charge is 0.478 e. The van der Waals surface area contributed by atoms with E-state index in [0.29, 0.717) is 0 Å². The standard InChI is InChI=1S/C10H8N4O4/c11-13-12-6-2-4-7-8(10(15)16)3-1-5-9(7)14(17)18/h1-5H,6H2,(H,15,16). The van der Waals surface area contributed by atoms with Crippen LogP contribution in [0.25, 0.3) is 16.5 Å². The minimum atomic E-state index is -1.26. The lowest BCUT2D eigenvalue weighted by Gasteiger charge is -2.01. The summed E-state index contributed by atoms with van der Waals surface area (Å²) in [6.07, 6.45) is 2.62. The van der Waals surface area contributed by atoms with Crippen molar-refractivity contribution in [2.75, 3.05) is 6.54 Å². The van der Waals surface area contributed by atoms with Crippen molar-refractivity contribution in [3.8, 4) is 0 Å². The molecular formula is C10H8N4O4. The van der Waals surface area contributed by atoms with Crippen molar-refractivity contribution in [1.29, 1.82) is 0 Å². The molecule has 0 aliphatic carbocycles. The summed E-state index contributed by atoms with van der Waals surface area (Å²) in [7, 11) is 0. The molecule has 1 aromatic rings. The second-order valence-electron chi connectivity index (χ2n) is 3.12. The third-order valence-electron chi connectivity index (χ3n) is 2.05. The van der Waals surface area contributed by atoms with Gasteiger partial charge in [0.15, 0.2) is 0 Å². The molecule has 1 aromatic carbocycles. The van der Waals surface area contributed by atoms with Gasteiger partial charge in [-0.15, -0.1) is 0 Å². The summed E-state index contributed by atoms with van der Waals surface area (Å²) < 4.78 is 0. The average Bonchev–Trinajstić information content (AvgIpc) is 2.34. The molecule has 1 N–H and O–H groups in total. The summed E-state index contributed by atoms with van der Waals surface area (Å²) in [4.78, 5) is 23.6. The quantitative estimate of drug-likeness (QED) is 0.282. The maximum Gasteiger partial charge on any atom is 0.336 e. The summed E-state index contributed by atoms with van der Waals surface area (Å²) >= 11 is 0. The van der Waals surface area contributed by atoms with E-state index in [4.69, 9.17) is 10.6 Å². The van der Waals surface area contributed by atoms with E-state index in [1.807, 2.05) is 0 Å². The summed E-state index contributed by atoms with van der Waals surface area (Å²) in [6.45, 7) is -0.0123. The van der Waals surface area contributed by atoms with Gasteiger partial charge in [0.05, 0.1) is 16.1 Å². The van der Waals surface area contributed by atoms with Gasteiger partial charge in [-0.3, -0.25) is 10.1 Å². The fourth-order valence-electron chi connectivity index (χ4n) is 1.33. The Morgan fingerprint density at radius 2 is 2.33 bits per heavy atom. The van der Waals surface area contributed by atoms with Crippen LogP contribution >= 0.6 is 0 Å². The SMILES string of the molecule is [N-]=[N+]=NCC=Cc1c(C(=O)O)cccc1[N+](=O)[O-]. The van der Waals surface area contributed by atoms with Gasteiger partial charge in [0.1, 0.15) is 0 Å². The number of benzene rings is 1. The number of nitro benzene ring substituents is 1. The predicted molar refractivity (Wildman–Crippen MR) is 63.1 cm³/mol. The first kappa shape index (κ1) is 13.2. The van der Waals surface area contributed by atoms with E-state index in [-0.39, 0.29) is 23.4 Å². The van der Waals surface area contributed by atoms with Crippen LogP contribution in [0.1, 0.15) is 15.9 Å². The van der Waals surface area contributed by atoms with Crippen molar-refractivity contribution in [2.45, 2.75) is 0 Å². The second kappa shape index (κ2) is 6.02. The number of carboxylic acid groups (broad SMARTS) is 1. The van der Waals surface area contributed by atoms with Crippen molar-refractivity contribution >= 4 is 17.7 Å². The second-order valence-corrected chi connectivity index (χ2v) is 3.12. The minimum Gasteiger partial charge on any atom is -0.478 e. The maximum absolute atomic E-state index is 10.9. The van der Waals surface area contributed by atoms with Crippen LogP contribution in [0.3, 0.4) is 0 Å². The molecule has 0 radical (unpaired) electrons. The number of carboxylic acids is 1. The van der Waals surface area contributed by atoms with E-state index in [2.05, 4.69) is 10.0 Å². The fourth-order valence-corrected chi connectivity index (χ4v) is 1.33. The highest BCUT2D eigenvalue weighted by atomic mass is 16.6. The first-order valence-corrected chi connectivity index (χ1v) is 4.76. The monoisotopic (exact) mass is 248 g/mol. The lowest BCUT2D eigenvalue weighted by molar-refractivity contribution is -0.385. The number of nitro groups is 1. The van der Waals surface area contributed by atoms with Crippen molar-refractivity contribution in [3.63, 3.8) is 0 Å². The maximum atomic E-state index is 10.9. The Morgan fingerprint density at radius 3 is 2.89 bits per heavy atom. The zero-order valence-electron chi connectivity index (χ0n) is 9.05. The summed E-state index contributed by atoms with van der Waals surface area (Å²) in [5.41, 5.74) is 7.55. The van der Waals surface area contributed by atoms with Crippen LogP contribution in [-0.2, 0) is 0 Å². The zero-order valence-corrected chi connectivity index (χ0v) is 9.05. The Bertz CT molecular complexity index is 529. The zero-order chi connectivity index (χ0) is 13.5. The molecule has 0 saturated carbocycles. The molecule has 0 aromatic heterocycles. The molecule has 92 valence electrons.